The van der Waals surface area contributed by atoms with Gasteiger partial charge in [-0.2, -0.15) is 0 Å². The van der Waals surface area contributed by atoms with Gasteiger partial charge in [-0.3, -0.25) is 9.59 Å². The van der Waals surface area contributed by atoms with Gasteiger partial charge in [-0.1, -0.05) is 367 Å². The van der Waals surface area contributed by atoms with Gasteiger partial charge in [0, 0.05) is 12.8 Å². The first kappa shape index (κ1) is 90.0. The molecular formula is C91H142O5. The molecule has 0 heterocycles. The van der Waals surface area contributed by atoms with Gasteiger partial charge < -0.3 is 14.6 Å². The van der Waals surface area contributed by atoms with E-state index in [4.69, 9.17) is 9.47 Å². The van der Waals surface area contributed by atoms with Gasteiger partial charge >= 0.3 is 11.9 Å². The summed E-state index contributed by atoms with van der Waals surface area (Å²) in [5.74, 6) is -0.611. The second-order valence-electron chi connectivity index (χ2n) is 25.0. The highest BCUT2D eigenvalue weighted by Gasteiger charge is 2.16. The summed E-state index contributed by atoms with van der Waals surface area (Å²) >= 11 is 0. The maximum atomic E-state index is 12.4. The first-order chi connectivity index (χ1) is 47.6. The fourth-order valence-corrected chi connectivity index (χ4v) is 10.2. The number of hydrogen-bond acceptors (Lipinski definition) is 5. The van der Waals surface area contributed by atoms with E-state index in [9.17, 15) is 14.7 Å². The predicted octanol–water partition coefficient (Wildman–Crippen LogP) is 28.0. The van der Waals surface area contributed by atoms with Crippen LogP contribution in [0.25, 0.3) is 0 Å². The number of unbranched alkanes of at least 4 members (excludes halogenated alkanes) is 23. The molecule has 1 N–H and O–H groups in total. The van der Waals surface area contributed by atoms with Crippen LogP contribution < -0.4 is 0 Å². The van der Waals surface area contributed by atoms with Gasteiger partial charge in [-0.05, 0) is 161 Å². The lowest BCUT2D eigenvalue weighted by Gasteiger charge is -2.15. The zero-order valence-electron chi connectivity index (χ0n) is 61.5. The Hall–Kier alpha value is -6.04. The summed E-state index contributed by atoms with van der Waals surface area (Å²) in [6.45, 7) is 3.90. The van der Waals surface area contributed by atoms with E-state index in [1.165, 1.54) is 116 Å². The van der Waals surface area contributed by atoms with Crippen LogP contribution in [0.3, 0.4) is 0 Å². The summed E-state index contributed by atoms with van der Waals surface area (Å²) in [5.41, 5.74) is 0. The predicted molar refractivity (Wildman–Crippen MR) is 425 cm³/mol. The average Bonchev–Trinajstić information content (AvgIpc) is 3.79. The van der Waals surface area contributed by atoms with Crippen LogP contribution in [0.15, 0.2) is 231 Å². The van der Waals surface area contributed by atoms with Crippen LogP contribution in [0, 0.1) is 0 Å². The van der Waals surface area contributed by atoms with Crippen molar-refractivity contribution in [3.63, 3.8) is 0 Å². The Labute approximate surface area is 592 Å². The smallest absolute Gasteiger partial charge is 0.306 e. The van der Waals surface area contributed by atoms with E-state index in [1.807, 2.05) is 0 Å². The summed E-state index contributed by atoms with van der Waals surface area (Å²) in [5, 5.41) is 9.73. The van der Waals surface area contributed by atoms with E-state index in [0.29, 0.717) is 12.8 Å². The van der Waals surface area contributed by atoms with Crippen molar-refractivity contribution in [1.29, 1.82) is 0 Å². The number of rotatable bonds is 69. The van der Waals surface area contributed by atoms with E-state index in [0.717, 1.165) is 167 Å². The molecule has 0 rings (SSSR count). The highest BCUT2D eigenvalue weighted by Crippen LogP contribution is 2.16. The third-order valence-corrected chi connectivity index (χ3v) is 16.0. The van der Waals surface area contributed by atoms with Crippen LogP contribution in [0.5, 0.6) is 0 Å². The Balaban J connectivity index is 3.58. The first-order valence-electron chi connectivity index (χ1n) is 38.9. The van der Waals surface area contributed by atoms with Crippen molar-refractivity contribution in [2.45, 2.75) is 315 Å². The monoisotopic (exact) mass is 1320 g/mol. The summed E-state index contributed by atoms with van der Waals surface area (Å²) in [6, 6.07) is 0. The Morgan fingerprint density at radius 1 is 0.240 bits per heavy atom. The molecule has 5 nitrogen and oxygen atoms in total. The van der Waals surface area contributed by atoms with Gasteiger partial charge in [0.15, 0.2) is 6.10 Å². The molecule has 0 aromatic heterocycles. The molecule has 0 radical (unpaired) electrons. The maximum Gasteiger partial charge on any atom is 0.306 e. The van der Waals surface area contributed by atoms with Crippen LogP contribution in [-0.4, -0.2) is 36.4 Å². The van der Waals surface area contributed by atoms with Crippen molar-refractivity contribution < 1.29 is 24.2 Å². The molecule has 0 saturated heterocycles. The molecule has 1 unspecified atom stereocenters. The Morgan fingerprint density at radius 3 is 0.625 bits per heavy atom. The van der Waals surface area contributed by atoms with Crippen LogP contribution in [0.2, 0.25) is 0 Å². The molecule has 0 bridgehead atoms. The average molecular weight is 1320 g/mol. The highest BCUT2D eigenvalue weighted by atomic mass is 16.6. The molecule has 0 saturated carbocycles. The summed E-state index contributed by atoms with van der Waals surface area (Å²) in [6.07, 6.45) is 135. The largest absolute Gasteiger partial charge is 0.462 e. The summed E-state index contributed by atoms with van der Waals surface area (Å²) < 4.78 is 10.8. The second kappa shape index (κ2) is 83.2. The number of carbonyl (C=O) groups is 2. The van der Waals surface area contributed by atoms with Crippen LogP contribution in [0.1, 0.15) is 309 Å². The summed E-state index contributed by atoms with van der Waals surface area (Å²) in [7, 11) is 0. The number of ether oxygens (including phenoxy) is 2. The Morgan fingerprint density at radius 2 is 0.417 bits per heavy atom. The number of aliphatic hydroxyl groups is 1. The first-order valence-corrected chi connectivity index (χ1v) is 38.9. The lowest BCUT2D eigenvalue weighted by Crippen LogP contribution is -2.28. The molecule has 5 heteroatoms. The molecule has 0 aliphatic heterocycles. The minimum atomic E-state index is -0.795. The van der Waals surface area contributed by atoms with Crippen molar-refractivity contribution in [2.24, 2.45) is 0 Å². The molecule has 0 fully saturated rings. The molecule has 0 aromatic carbocycles. The number of hydrogen-bond donors (Lipinski definition) is 1. The number of aliphatic hydroxyl groups excluding tert-OH is 1. The van der Waals surface area contributed by atoms with Crippen molar-refractivity contribution in [3.05, 3.63) is 231 Å². The van der Waals surface area contributed by atoms with Gasteiger partial charge in [-0.15, -0.1) is 0 Å². The number of esters is 2. The van der Waals surface area contributed by atoms with Crippen LogP contribution in [-0.2, 0) is 19.1 Å². The third-order valence-electron chi connectivity index (χ3n) is 16.0. The van der Waals surface area contributed by atoms with E-state index >= 15 is 0 Å². The molecule has 0 aliphatic rings. The Kier molecular flexibility index (Phi) is 78.0. The van der Waals surface area contributed by atoms with Crippen molar-refractivity contribution in [3.8, 4) is 0 Å². The van der Waals surface area contributed by atoms with Crippen molar-refractivity contribution in [1.82, 2.24) is 0 Å². The zero-order valence-corrected chi connectivity index (χ0v) is 61.5. The van der Waals surface area contributed by atoms with E-state index in [-0.39, 0.29) is 25.2 Å². The second-order valence-corrected chi connectivity index (χ2v) is 25.0. The lowest BCUT2D eigenvalue weighted by molar-refractivity contribution is -0.161. The minimum Gasteiger partial charge on any atom is -0.462 e. The van der Waals surface area contributed by atoms with E-state index < -0.39 is 6.10 Å². The normalized spacial score (nSPS) is 13.6. The van der Waals surface area contributed by atoms with E-state index in [1.54, 1.807) is 0 Å². The summed E-state index contributed by atoms with van der Waals surface area (Å²) in [4.78, 5) is 24.7. The highest BCUT2D eigenvalue weighted by molar-refractivity contribution is 5.70. The molecular weight excluding hydrogens is 1170 g/mol. The van der Waals surface area contributed by atoms with Gasteiger partial charge in [0.25, 0.3) is 0 Å². The lowest BCUT2D eigenvalue weighted by atomic mass is 10.0. The number of carbonyl (C=O) groups excluding carboxylic acids is 2. The van der Waals surface area contributed by atoms with Gasteiger partial charge in [0.1, 0.15) is 6.61 Å². The fourth-order valence-electron chi connectivity index (χ4n) is 10.2. The van der Waals surface area contributed by atoms with Crippen molar-refractivity contribution in [2.75, 3.05) is 13.2 Å². The third kappa shape index (κ3) is 80.4. The van der Waals surface area contributed by atoms with Gasteiger partial charge in [0.2, 0.25) is 0 Å². The maximum absolute atomic E-state index is 12.4. The van der Waals surface area contributed by atoms with E-state index in [2.05, 4.69) is 245 Å². The van der Waals surface area contributed by atoms with Gasteiger partial charge in [0.05, 0.1) is 6.61 Å². The molecule has 0 aromatic rings. The molecule has 96 heavy (non-hydrogen) atoms. The Bertz CT molecular complexity index is 2290. The molecule has 0 amide bonds. The molecule has 1 atom stereocenters. The van der Waals surface area contributed by atoms with Gasteiger partial charge in [-0.25, -0.2) is 0 Å². The number of allylic oxidation sites excluding steroid dienone is 38. The zero-order chi connectivity index (χ0) is 69.0. The minimum absolute atomic E-state index is 0.0817. The van der Waals surface area contributed by atoms with Crippen molar-refractivity contribution >= 4 is 11.9 Å². The SMILES string of the molecule is CC/C=C\C/C=C\C/C=C\C/C=C\C/C=C\C/C=C\C/C=C\C/C=C\C/C=C\C/C=C\C/C=C\CCCCCCCCCC(=O)OC(CO)COC(=O)CCCCCCCCCCCCCCCCCC/C=C\C/C=C\C/C=C\C/C=C\C/C=C\C/C=C\C/C=C\C/C=C\CC. The topological polar surface area (TPSA) is 72.8 Å². The molecule has 0 aliphatic carbocycles. The molecule has 0 spiro atoms. The quantitative estimate of drug-likeness (QED) is 0.0373. The van der Waals surface area contributed by atoms with Crippen LogP contribution >= 0.6 is 0 Å². The molecule has 536 valence electrons. The van der Waals surface area contributed by atoms with Crippen LogP contribution in [0.4, 0.5) is 0 Å². The standard InChI is InChI=1S/C91H142O5/c1-3-5-7-9-11-13-15-17-19-21-23-25-27-29-31-33-35-37-39-41-43-45-47-49-51-53-55-57-59-61-63-65-67-69-71-73-75-77-79-81-83-85-90(93)95-88-89(87-92)96-91(94)86-84-82-80-78-76-74-72-70-68-66-64-62-60-58-56-54-52-50-48-46-44-42-40-38-36-34-32-30-28-26-24-22-20-18-16-14-12-10-8-6-4-2/h5-8,11-14,17-20,23-26,29-32,35-38,41-44,47-50,54,56,60,62,66,68,89,92H,3-4,9-10,15-16,21-22,27-28,33-34,39-40,45-46,51-53,55,57-59,61,63-65,67,69-88H2,1-2H3/b7-5-,8-6-,13-11-,14-12-,19-17-,20-18-,25-23-,26-24-,31-29-,32-30-,37-35-,38-36-,43-41-,44-42-,49-47-,50-48-,56-54-,62-60-,68-66-. The fraction of sp³-hybridized carbons (Fsp3) is 0.560.